The summed E-state index contributed by atoms with van der Waals surface area (Å²) in [5.74, 6) is -0.393. The molecule has 24 heavy (non-hydrogen) atoms. The van der Waals surface area contributed by atoms with Crippen molar-refractivity contribution < 1.29 is 23.8 Å². The molecule has 0 spiro atoms. The third kappa shape index (κ3) is 5.63. The Balaban J connectivity index is 1.69. The van der Waals surface area contributed by atoms with E-state index in [1.165, 1.54) is 19.8 Å². The fourth-order valence-corrected chi connectivity index (χ4v) is 3.43. The van der Waals surface area contributed by atoms with E-state index in [9.17, 15) is 9.59 Å². The summed E-state index contributed by atoms with van der Waals surface area (Å²) in [5.41, 5.74) is 0. The summed E-state index contributed by atoms with van der Waals surface area (Å²) in [6, 6.07) is 0.643. The molecular weight excluding hydrogens is 312 g/mol. The molecule has 2 rings (SSSR count). The SMILES string of the molecule is CCOC(=O)OC(C)OC(=O)C1CCN(C2CCN(C)CC2)CC1. The molecule has 0 radical (unpaired) electrons. The fraction of sp³-hybridized carbons (Fsp3) is 0.882. The zero-order valence-corrected chi connectivity index (χ0v) is 15.0. The molecule has 0 aliphatic carbocycles. The molecule has 2 aliphatic heterocycles. The zero-order chi connectivity index (χ0) is 17.5. The molecule has 0 aromatic heterocycles. The van der Waals surface area contributed by atoms with Crippen molar-refractivity contribution in [3.05, 3.63) is 0 Å². The molecule has 0 bridgehead atoms. The highest BCUT2D eigenvalue weighted by Crippen LogP contribution is 2.24. The standard InChI is InChI=1S/C17H30N2O5/c1-4-22-17(21)24-13(2)23-16(20)14-5-11-19(12-6-14)15-7-9-18(3)10-8-15/h13-15H,4-12H2,1-3H3. The number of hydrogen-bond acceptors (Lipinski definition) is 7. The molecule has 0 saturated carbocycles. The van der Waals surface area contributed by atoms with Gasteiger partial charge >= 0.3 is 12.1 Å². The van der Waals surface area contributed by atoms with Crippen LogP contribution in [-0.4, -0.2) is 74.1 Å². The number of nitrogens with zero attached hydrogens (tertiary/aromatic N) is 2. The molecule has 1 unspecified atom stereocenters. The number of rotatable bonds is 5. The van der Waals surface area contributed by atoms with Crippen LogP contribution in [0.2, 0.25) is 0 Å². The quantitative estimate of drug-likeness (QED) is 0.558. The van der Waals surface area contributed by atoms with Crippen molar-refractivity contribution in [1.82, 2.24) is 9.80 Å². The summed E-state index contributed by atoms with van der Waals surface area (Å²) in [7, 11) is 2.16. The third-order valence-electron chi connectivity index (χ3n) is 4.87. The van der Waals surface area contributed by atoms with Gasteiger partial charge in [0.15, 0.2) is 0 Å². The summed E-state index contributed by atoms with van der Waals surface area (Å²) < 4.78 is 14.7. The van der Waals surface area contributed by atoms with E-state index in [0.29, 0.717) is 6.04 Å². The van der Waals surface area contributed by atoms with Gasteiger partial charge in [-0.15, -0.1) is 0 Å². The van der Waals surface area contributed by atoms with Gasteiger partial charge < -0.3 is 24.0 Å². The number of carbonyl (C=O) groups is 2. The van der Waals surface area contributed by atoms with Crippen molar-refractivity contribution in [2.24, 2.45) is 5.92 Å². The van der Waals surface area contributed by atoms with E-state index in [2.05, 4.69) is 21.6 Å². The maximum atomic E-state index is 12.2. The first-order valence-electron chi connectivity index (χ1n) is 8.96. The van der Waals surface area contributed by atoms with Crippen LogP contribution in [0.1, 0.15) is 39.5 Å². The molecule has 2 aliphatic rings. The molecule has 7 heteroatoms. The lowest BCUT2D eigenvalue weighted by atomic mass is 9.93. The number of esters is 1. The monoisotopic (exact) mass is 342 g/mol. The zero-order valence-electron chi connectivity index (χ0n) is 15.0. The molecule has 138 valence electrons. The van der Waals surface area contributed by atoms with Gasteiger partial charge in [0.1, 0.15) is 0 Å². The Morgan fingerprint density at radius 1 is 1.04 bits per heavy atom. The maximum absolute atomic E-state index is 12.2. The van der Waals surface area contributed by atoms with E-state index in [-0.39, 0.29) is 18.5 Å². The van der Waals surface area contributed by atoms with E-state index in [1.807, 2.05) is 0 Å². The molecule has 0 aromatic carbocycles. The van der Waals surface area contributed by atoms with E-state index in [4.69, 9.17) is 9.47 Å². The minimum Gasteiger partial charge on any atom is -0.435 e. The topological polar surface area (TPSA) is 68.3 Å². The maximum Gasteiger partial charge on any atom is 0.511 e. The van der Waals surface area contributed by atoms with Crippen LogP contribution >= 0.6 is 0 Å². The highest BCUT2D eigenvalue weighted by atomic mass is 16.8. The third-order valence-corrected chi connectivity index (χ3v) is 4.87. The highest BCUT2D eigenvalue weighted by Gasteiger charge is 2.31. The molecule has 0 N–H and O–H groups in total. The number of likely N-dealkylation sites (tertiary alicyclic amines) is 2. The van der Waals surface area contributed by atoms with Crippen molar-refractivity contribution >= 4 is 12.1 Å². The van der Waals surface area contributed by atoms with E-state index < -0.39 is 12.4 Å². The Kier molecular flexibility index (Phi) is 7.30. The van der Waals surface area contributed by atoms with Gasteiger partial charge in [0, 0.05) is 13.0 Å². The van der Waals surface area contributed by atoms with Gasteiger partial charge in [0.25, 0.3) is 0 Å². The highest BCUT2D eigenvalue weighted by molar-refractivity contribution is 5.72. The number of piperidine rings is 2. The number of ether oxygens (including phenoxy) is 3. The largest absolute Gasteiger partial charge is 0.511 e. The summed E-state index contributed by atoms with van der Waals surface area (Å²) in [5, 5.41) is 0. The van der Waals surface area contributed by atoms with E-state index in [1.54, 1.807) is 6.92 Å². The molecule has 2 heterocycles. The van der Waals surface area contributed by atoms with Crippen LogP contribution in [0.4, 0.5) is 4.79 Å². The van der Waals surface area contributed by atoms with Crippen LogP contribution in [0.15, 0.2) is 0 Å². The first-order chi connectivity index (χ1) is 11.5. The minimum atomic E-state index is -0.913. The number of carbonyl (C=O) groups excluding carboxylic acids is 2. The number of hydrogen-bond donors (Lipinski definition) is 0. The second-order valence-corrected chi connectivity index (χ2v) is 6.65. The fourth-order valence-electron chi connectivity index (χ4n) is 3.43. The molecule has 1 atom stereocenters. The Morgan fingerprint density at radius 3 is 2.25 bits per heavy atom. The van der Waals surface area contributed by atoms with Gasteiger partial charge in [0.2, 0.25) is 6.29 Å². The molecule has 7 nitrogen and oxygen atoms in total. The van der Waals surface area contributed by atoms with Gasteiger partial charge in [-0.05, 0) is 65.8 Å². The second-order valence-electron chi connectivity index (χ2n) is 6.65. The average molecular weight is 342 g/mol. The predicted octanol–water partition coefficient (Wildman–Crippen LogP) is 1.85. The summed E-state index contributed by atoms with van der Waals surface area (Å²) >= 11 is 0. The van der Waals surface area contributed by atoms with Crippen LogP contribution in [-0.2, 0) is 19.0 Å². The van der Waals surface area contributed by atoms with Gasteiger partial charge in [-0.2, -0.15) is 0 Å². The van der Waals surface area contributed by atoms with Crippen LogP contribution in [0.3, 0.4) is 0 Å². The summed E-state index contributed by atoms with van der Waals surface area (Å²) in [4.78, 5) is 28.3. The normalized spacial score (nSPS) is 22.8. The van der Waals surface area contributed by atoms with Crippen molar-refractivity contribution in [2.75, 3.05) is 39.8 Å². The molecule has 2 saturated heterocycles. The first kappa shape index (κ1) is 19.0. The Labute approximate surface area is 144 Å². The van der Waals surface area contributed by atoms with Crippen LogP contribution in [0.25, 0.3) is 0 Å². The summed E-state index contributed by atoms with van der Waals surface area (Å²) in [6.07, 6.45) is 2.29. The summed E-state index contributed by atoms with van der Waals surface area (Å²) in [6.45, 7) is 7.61. The van der Waals surface area contributed by atoms with Gasteiger partial charge in [0.05, 0.1) is 12.5 Å². The molecule has 0 aromatic rings. The van der Waals surface area contributed by atoms with Gasteiger partial charge in [-0.3, -0.25) is 4.79 Å². The smallest absolute Gasteiger partial charge is 0.435 e. The van der Waals surface area contributed by atoms with Crippen molar-refractivity contribution in [3.63, 3.8) is 0 Å². The Hall–Kier alpha value is -1.34. The van der Waals surface area contributed by atoms with Gasteiger partial charge in [-0.1, -0.05) is 0 Å². The first-order valence-corrected chi connectivity index (χ1v) is 8.96. The Morgan fingerprint density at radius 2 is 1.67 bits per heavy atom. The van der Waals surface area contributed by atoms with E-state index >= 15 is 0 Å². The molecule has 2 fully saturated rings. The van der Waals surface area contributed by atoms with E-state index in [0.717, 1.165) is 39.0 Å². The van der Waals surface area contributed by atoms with Crippen molar-refractivity contribution in [1.29, 1.82) is 0 Å². The van der Waals surface area contributed by atoms with Crippen molar-refractivity contribution in [3.8, 4) is 0 Å². The Bertz CT molecular complexity index is 415. The second kappa shape index (κ2) is 9.22. The molecular formula is C17H30N2O5. The lowest BCUT2D eigenvalue weighted by Gasteiger charge is -2.40. The van der Waals surface area contributed by atoms with Crippen LogP contribution in [0, 0.1) is 5.92 Å². The van der Waals surface area contributed by atoms with Gasteiger partial charge in [-0.25, -0.2) is 4.79 Å². The lowest BCUT2D eigenvalue weighted by molar-refractivity contribution is -0.174. The van der Waals surface area contributed by atoms with Crippen LogP contribution < -0.4 is 0 Å². The lowest BCUT2D eigenvalue weighted by Crippen LogP contribution is -2.47. The minimum absolute atomic E-state index is 0.110. The van der Waals surface area contributed by atoms with Crippen molar-refractivity contribution in [2.45, 2.75) is 51.9 Å². The average Bonchev–Trinajstić information content (AvgIpc) is 2.55. The molecule has 0 amide bonds. The van der Waals surface area contributed by atoms with Crippen LogP contribution in [0.5, 0.6) is 0 Å². The predicted molar refractivity (Wildman–Crippen MR) is 88.5 cm³/mol.